The van der Waals surface area contributed by atoms with Gasteiger partial charge in [0.05, 0.1) is 5.41 Å². The number of hydrogen-bond donors (Lipinski definition) is 0. The van der Waals surface area contributed by atoms with Crippen molar-refractivity contribution in [1.82, 2.24) is 15.0 Å². The average Bonchev–Trinajstić information content (AvgIpc) is 3.80. The van der Waals surface area contributed by atoms with E-state index in [9.17, 15) is 0 Å². The Balaban J connectivity index is 1.12. The molecular formula is C58H35N3. The monoisotopic (exact) mass is 773 g/mol. The van der Waals surface area contributed by atoms with E-state index in [-0.39, 0.29) is 0 Å². The van der Waals surface area contributed by atoms with E-state index in [2.05, 4.69) is 212 Å². The van der Waals surface area contributed by atoms with Gasteiger partial charge in [-0.05, 0) is 100 Å². The number of rotatable bonds is 4. The van der Waals surface area contributed by atoms with Crippen LogP contribution in [-0.2, 0) is 5.41 Å². The number of hydrogen-bond acceptors (Lipinski definition) is 3. The minimum Gasteiger partial charge on any atom is -0.208 e. The third-order valence-electron chi connectivity index (χ3n) is 13.1. The van der Waals surface area contributed by atoms with Crippen LogP contribution >= 0.6 is 0 Å². The summed E-state index contributed by atoms with van der Waals surface area (Å²) in [5.74, 6) is 1.92. The molecule has 0 fully saturated rings. The summed E-state index contributed by atoms with van der Waals surface area (Å²) in [6.45, 7) is 0. The summed E-state index contributed by atoms with van der Waals surface area (Å²) in [5, 5.41) is 6.94. The zero-order valence-electron chi connectivity index (χ0n) is 33.0. The van der Waals surface area contributed by atoms with E-state index in [0.717, 1.165) is 44.0 Å². The molecule has 0 radical (unpaired) electrons. The summed E-state index contributed by atoms with van der Waals surface area (Å²) in [6.07, 6.45) is 0. The Morgan fingerprint density at radius 2 is 0.787 bits per heavy atom. The summed E-state index contributed by atoms with van der Waals surface area (Å²) in [6, 6.07) is 76.7. The third-order valence-corrected chi connectivity index (χ3v) is 13.1. The third kappa shape index (κ3) is 4.83. The molecule has 0 amide bonds. The van der Waals surface area contributed by atoms with Crippen molar-refractivity contribution >= 4 is 32.3 Å². The van der Waals surface area contributed by atoms with Gasteiger partial charge < -0.3 is 0 Å². The van der Waals surface area contributed by atoms with Crippen LogP contribution < -0.4 is 0 Å². The molecule has 1 heterocycles. The fourth-order valence-electron chi connectivity index (χ4n) is 10.6. The number of fused-ring (bicyclic) bond motifs is 14. The Kier molecular flexibility index (Phi) is 7.22. The van der Waals surface area contributed by atoms with Crippen LogP contribution in [0.4, 0.5) is 0 Å². The quantitative estimate of drug-likeness (QED) is 0.132. The van der Waals surface area contributed by atoms with E-state index in [0.29, 0.717) is 17.5 Å². The van der Waals surface area contributed by atoms with E-state index in [1.165, 1.54) is 60.7 Å². The average molecular weight is 774 g/mol. The predicted octanol–water partition coefficient (Wildman–Crippen LogP) is 14.3. The summed E-state index contributed by atoms with van der Waals surface area (Å²) in [4.78, 5) is 16.5. The molecule has 0 bridgehead atoms. The van der Waals surface area contributed by atoms with Gasteiger partial charge in [-0.3, -0.25) is 0 Å². The van der Waals surface area contributed by atoms with Crippen molar-refractivity contribution in [2.45, 2.75) is 5.41 Å². The second-order valence-electron chi connectivity index (χ2n) is 16.2. The van der Waals surface area contributed by atoms with Crippen LogP contribution in [0.5, 0.6) is 0 Å². The number of benzene rings is 10. The molecule has 3 nitrogen and oxygen atoms in total. The summed E-state index contributed by atoms with van der Waals surface area (Å²) < 4.78 is 0. The van der Waals surface area contributed by atoms with Gasteiger partial charge in [-0.25, -0.2) is 15.0 Å². The van der Waals surface area contributed by atoms with Crippen LogP contribution in [0, 0.1) is 0 Å². The molecule has 0 aliphatic heterocycles. The minimum atomic E-state index is -0.486. The maximum absolute atomic E-state index is 5.54. The molecule has 0 N–H and O–H groups in total. The molecule has 0 saturated heterocycles. The highest BCUT2D eigenvalue weighted by Crippen LogP contribution is 2.63. The zero-order chi connectivity index (χ0) is 40.1. The first kappa shape index (κ1) is 33.9. The lowest BCUT2D eigenvalue weighted by molar-refractivity contribution is 0.794. The molecule has 3 heteroatoms. The van der Waals surface area contributed by atoms with Crippen LogP contribution in [-0.4, -0.2) is 15.0 Å². The molecule has 2 aliphatic carbocycles. The Bertz CT molecular complexity index is 3540. The second kappa shape index (κ2) is 13.0. The van der Waals surface area contributed by atoms with Crippen molar-refractivity contribution in [2.75, 3.05) is 0 Å². The SMILES string of the molecule is c1ccc(-c2ccccc2-c2nc(-c3ccc4c(c3)C3(c5ccccc5-c5ccccc53)c3ccccc3-4)nc(-c3c4ccccc4cc4c3ccc3ccccc34)n2)cc1. The predicted molar refractivity (Wildman–Crippen MR) is 250 cm³/mol. The lowest BCUT2D eigenvalue weighted by Crippen LogP contribution is -2.25. The lowest BCUT2D eigenvalue weighted by atomic mass is 9.70. The molecule has 1 aromatic heterocycles. The summed E-state index contributed by atoms with van der Waals surface area (Å²) in [5.41, 5.74) is 14.8. The molecular weight excluding hydrogens is 739 g/mol. The van der Waals surface area contributed by atoms with E-state index in [4.69, 9.17) is 15.0 Å². The second-order valence-corrected chi connectivity index (χ2v) is 16.2. The van der Waals surface area contributed by atoms with Gasteiger partial charge in [0.25, 0.3) is 0 Å². The van der Waals surface area contributed by atoms with Crippen LogP contribution in [0.2, 0.25) is 0 Å². The van der Waals surface area contributed by atoms with E-state index in [1.807, 2.05) is 0 Å². The first-order chi connectivity index (χ1) is 30.3. The Morgan fingerprint density at radius 1 is 0.262 bits per heavy atom. The molecule has 10 aromatic carbocycles. The Morgan fingerprint density at radius 3 is 1.49 bits per heavy atom. The Labute approximate surface area is 353 Å². The molecule has 11 aromatic rings. The van der Waals surface area contributed by atoms with Crippen molar-refractivity contribution in [3.63, 3.8) is 0 Å². The van der Waals surface area contributed by atoms with Crippen LogP contribution in [0.1, 0.15) is 22.3 Å². The molecule has 282 valence electrons. The highest BCUT2D eigenvalue weighted by atomic mass is 15.0. The van der Waals surface area contributed by atoms with Gasteiger partial charge in [-0.1, -0.05) is 200 Å². The fraction of sp³-hybridized carbons (Fsp3) is 0.0172. The van der Waals surface area contributed by atoms with Crippen LogP contribution in [0.15, 0.2) is 212 Å². The topological polar surface area (TPSA) is 38.7 Å². The summed E-state index contributed by atoms with van der Waals surface area (Å²) >= 11 is 0. The van der Waals surface area contributed by atoms with Crippen LogP contribution in [0.25, 0.3) is 99.9 Å². The lowest BCUT2D eigenvalue weighted by Gasteiger charge is -2.30. The van der Waals surface area contributed by atoms with Gasteiger partial charge in [0.2, 0.25) is 0 Å². The number of aromatic nitrogens is 3. The minimum absolute atomic E-state index is 0.486. The first-order valence-corrected chi connectivity index (χ1v) is 20.9. The van der Waals surface area contributed by atoms with Gasteiger partial charge in [0, 0.05) is 16.7 Å². The van der Waals surface area contributed by atoms with Crippen molar-refractivity contribution < 1.29 is 0 Å². The van der Waals surface area contributed by atoms with Gasteiger partial charge >= 0.3 is 0 Å². The van der Waals surface area contributed by atoms with E-state index < -0.39 is 5.41 Å². The first-order valence-electron chi connectivity index (χ1n) is 20.9. The van der Waals surface area contributed by atoms with Gasteiger partial charge in [-0.2, -0.15) is 0 Å². The van der Waals surface area contributed by atoms with Gasteiger partial charge in [0.1, 0.15) is 0 Å². The highest BCUT2D eigenvalue weighted by Gasteiger charge is 2.51. The van der Waals surface area contributed by atoms with Gasteiger partial charge in [-0.15, -0.1) is 0 Å². The van der Waals surface area contributed by atoms with Crippen molar-refractivity contribution in [1.29, 1.82) is 0 Å². The molecule has 2 aliphatic rings. The molecule has 61 heavy (non-hydrogen) atoms. The van der Waals surface area contributed by atoms with Crippen LogP contribution in [0.3, 0.4) is 0 Å². The smallest absolute Gasteiger partial charge is 0.165 e. The maximum atomic E-state index is 5.54. The summed E-state index contributed by atoms with van der Waals surface area (Å²) in [7, 11) is 0. The Hall–Kier alpha value is -8.01. The molecule has 0 saturated carbocycles. The van der Waals surface area contributed by atoms with Crippen molar-refractivity contribution in [3.8, 4) is 67.5 Å². The standard InChI is InChI=1S/C58H35N3/c1-2-16-36(17-3-1)40-20-8-9-26-48(40)56-59-55(60-57(61-56)54-42-22-7-5-19-38(42)34-49-41-21-6-4-18-37(41)30-33-47(49)54)39-31-32-46-45-25-12-15-29-52(45)58(53(46)35-39)50-27-13-10-23-43(50)44-24-11-14-28-51(44)58/h1-35H. The normalized spacial score (nSPS) is 13.0. The van der Waals surface area contributed by atoms with E-state index in [1.54, 1.807) is 0 Å². The maximum Gasteiger partial charge on any atom is 0.165 e. The largest absolute Gasteiger partial charge is 0.208 e. The zero-order valence-corrected chi connectivity index (χ0v) is 33.0. The molecule has 0 unspecified atom stereocenters. The van der Waals surface area contributed by atoms with E-state index >= 15 is 0 Å². The molecule has 1 spiro atoms. The highest BCUT2D eigenvalue weighted by molar-refractivity contribution is 6.19. The fourth-order valence-corrected chi connectivity index (χ4v) is 10.6. The number of nitrogens with zero attached hydrogens (tertiary/aromatic N) is 3. The van der Waals surface area contributed by atoms with Crippen molar-refractivity contribution in [3.05, 3.63) is 235 Å². The molecule has 0 atom stereocenters. The van der Waals surface area contributed by atoms with Crippen molar-refractivity contribution in [2.24, 2.45) is 0 Å². The molecule has 13 rings (SSSR count). The van der Waals surface area contributed by atoms with Gasteiger partial charge in [0.15, 0.2) is 17.5 Å².